The number of fused-ring (bicyclic) bond motifs is 2. The maximum atomic E-state index is 11.4. The van der Waals surface area contributed by atoms with Crippen molar-refractivity contribution in [3.63, 3.8) is 0 Å². The molecule has 4 nitrogen and oxygen atoms in total. The van der Waals surface area contributed by atoms with Gasteiger partial charge in [-0.25, -0.2) is 0 Å². The Labute approximate surface area is 200 Å². The topological polar surface area (TPSA) is 71.9 Å². The van der Waals surface area contributed by atoms with Crippen molar-refractivity contribution in [3.05, 3.63) is 68.9 Å². The van der Waals surface area contributed by atoms with Crippen LogP contribution >= 0.6 is 46.4 Å². The molecule has 0 aliphatic heterocycles. The van der Waals surface area contributed by atoms with Gasteiger partial charge < -0.3 is 13.1 Å². The minimum atomic E-state index is -0.276. The van der Waals surface area contributed by atoms with Crippen LogP contribution in [0.4, 0.5) is 0 Å². The zero-order valence-corrected chi connectivity index (χ0v) is 20.2. The van der Waals surface area contributed by atoms with E-state index in [-0.39, 0.29) is 54.0 Å². The second kappa shape index (κ2) is 10.5. The Morgan fingerprint density at radius 1 is 0.679 bits per heavy atom. The third kappa shape index (κ3) is 5.04. The van der Waals surface area contributed by atoms with Crippen LogP contribution in [0.15, 0.2) is 48.8 Å². The van der Waals surface area contributed by atoms with Crippen molar-refractivity contribution in [3.8, 4) is 11.5 Å². The normalized spacial score (nSPS) is 9.86. The molecule has 0 aliphatic rings. The summed E-state index contributed by atoms with van der Waals surface area (Å²) in [4.78, 5) is 7.84. The Morgan fingerprint density at radius 3 is 1.39 bits per heavy atom. The van der Waals surface area contributed by atoms with Crippen LogP contribution in [0.3, 0.4) is 0 Å². The Morgan fingerprint density at radius 2 is 1.04 bits per heavy atom. The molecule has 0 bridgehead atoms. The van der Waals surface area contributed by atoms with E-state index in [1.54, 1.807) is 24.3 Å². The van der Waals surface area contributed by atoms with E-state index in [1.807, 2.05) is 0 Å². The van der Waals surface area contributed by atoms with Crippen molar-refractivity contribution < 1.29 is 32.5 Å². The van der Waals surface area contributed by atoms with Gasteiger partial charge in [-0.2, -0.15) is 0 Å². The smallest absolute Gasteiger partial charge is 1.00 e. The summed E-state index contributed by atoms with van der Waals surface area (Å²) in [7, 11) is 0. The predicted molar refractivity (Wildman–Crippen MR) is 110 cm³/mol. The molecule has 0 amide bonds. The SMILES string of the molecule is [Be+2].[H-].[H-].[O-]c1c(Cl)cc(Cl)c2cccnc12.[O-]c1c(Cl)cc(Cl)c2cccnc12.[Zn+2]. The van der Waals surface area contributed by atoms with Gasteiger partial charge in [0.2, 0.25) is 0 Å². The fraction of sp³-hybridized carbons (Fsp3) is 0. The summed E-state index contributed by atoms with van der Waals surface area (Å²) in [6.07, 6.45) is 3.08. The minimum absolute atomic E-state index is 0. The van der Waals surface area contributed by atoms with Crippen LogP contribution in [0.1, 0.15) is 2.85 Å². The molecule has 0 fully saturated rings. The fourth-order valence-corrected chi connectivity index (χ4v) is 3.33. The molecular weight excluding hydrogens is 492 g/mol. The summed E-state index contributed by atoms with van der Waals surface area (Å²) >= 11 is 23.1. The molecule has 0 aliphatic carbocycles. The van der Waals surface area contributed by atoms with Crippen LogP contribution in [0.5, 0.6) is 11.5 Å². The van der Waals surface area contributed by atoms with Gasteiger partial charge in [-0.3, -0.25) is 9.97 Å². The Hall–Kier alpha value is -1.19. The van der Waals surface area contributed by atoms with Gasteiger partial charge in [0.1, 0.15) is 0 Å². The predicted octanol–water partition coefficient (Wildman–Crippen LogP) is 5.07. The number of aromatic nitrogens is 2. The number of halogens is 4. The van der Waals surface area contributed by atoms with Crippen LogP contribution in [0, 0.1) is 0 Å². The molecular formula is C18H10BeCl4N2O2Zn. The molecule has 4 aromatic rings. The zero-order valence-electron chi connectivity index (χ0n) is 16.3. The monoisotopic (exact) mass is 499 g/mol. The molecule has 0 saturated carbocycles. The second-order valence-electron chi connectivity index (χ2n) is 5.14. The van der Waals surface area contributed by atoms with Crippen LogP contribution in [0.25, 0.3) is 21.8 Å². The molecule has 0 atom stereocenters. The van der Waals surface area contributed by atoms with Gasteiger partial charge in [-0.05, 0) is 36.4 Å². The van der Waals surface area contributed by atoms with Crippen molar-refractivity contribution in [2.45, 2.75) is 0 Å². The molecule has 28 heavy (non-hydrogen) atoms. The van der Waals surface area contributed by atoms with Gasteiger partial charge >= 0.3 is 29.6 Å². The number of hydrogen-bond donors (Lipinski definition) is 0. The molecule has 10 heteroatoms. The zero-order chi connectivity index (χ0) is 18.8. The largest absolute Gasteiger partial charge is 2.00 e. The number of rotatable bonds is 0. The van der Waals surface area contributed by atoms with E-state index in [0.29, 0.717) is 31.9 Å². The molecule has 2 aromatic carbocycles. The average Bonchev–Trinajstić information content (AvgIpc) is 2.65. The summed E-state index contributed by atoms with van der Waals surface area (Å²) in [6.45, 7) is 0. The maximum absolute atomic E-state index is 11.4. The van der Waals surface area contributed by atoms with E-state index in [1.165, 1.54) is 24.5 Å². The van der Waals surface area contributed by atoms with Gasteiger partial charge in [0.05, 0.1) is 21.1 Å². The minimum Gasteiger partial charge on any atom is -1.00 e. The summed E-state index contributed by atoms with van der Waals surface area (Å²) in [5, 5.41) is 25.2. The first-order chi connectivity index (χ1) is 12.4. The van der Waals surface area contributed by atoms with Crippen LogP contribution in [-0.2, 0) is 19.5 Å². The standard InChI is InChI=1S/2C9H5Cl2NO.Be.Zn.2H/c2*10-6-4-7(11)9(13)8-5(6)2-1-3-12-8;;;;/h2*1-4,13H;;;;/q;;2*+2;2*-1/p-2. The van der Waals surface area contributed by atoms with E-state index in [4.69, 9.17) is 46.4 Å². The average molecular weight is 503 g/mol. The van der Waals surface area contributed by atoms with Crippen LogP contribution < -0.4 is 10.2 Å². The molecule has 136 valence electrons. The van der Waals surface area contributed by atoms with Gasteiger partial charge in [-0.1, -0.05) is 57.9 Å². The van der Waals surface area contributed by atoms with Gasteiger partial charge in [0.15, 0.2) is 0 Å². The molecule has 4 rings (SSSR count). The van der Waals surface area contributed by atoms with E-state index < -0.39 is 0 Å². The fourth-order valence-electron chi connectivity index (χ4n) is 2.29. The number of benzene rings is 2. The molecule has 0 radical (unpaired) electrons. The maximum Gasteiger partial charge on any atom is 2.00 e. The van der Waals surface area contributed by atoms with Crippen molar-refractivity contribution >= 4 is 78.3 Å². The Bertz CT molecular complexity index is 1050. The summed E-state index contributed by atoms with van der Waals surface area (Å²) in [5.41, 5.74) is 0.639. The molecule has 2 heterocycles. The Kier molecular flexibility index (Phi) is 9.36. The molecule has 0 spiro atoms. The van der Waals surface area contributed by atoms with Crippen molar-refractivity contribution in [1.29, 1.82) is 0 Å². The summed E-state index contributed by atoms with van der Waals surface area (Å²) in [6, 6.07) is 9.80. The summed E-state index contributed by atoms with van der Waals surface area (Å²) < 4.78 is 0. The molecule has 0 saturated heterocycles. The quantitative estimate of drug-likeness (QED) is 0.315. The van der Waals surface area contributed by atoms with Gasteiger partial charge in [0, 0.05) is 33.2 Å². The Balaban J connectivity index is 0. The first-order valence-electron chi connectivity index (χ1n) is 7.19. The number of hydrogen-bond acceptors (Lipinski definition) is 4. The van der Waals surface area contributed by atoms with Crippen LogP contribution in [-0.4, -0.2) is 20.1 Å². The first-order valence-corrected chi connectivity index (χ1v) is 8.71. The third-order valence-corrected chi connectivity index (χ3v) is 4.69. The van der Waals surface area contributed by atoms with E-state index in [0.717, 1.165) is 0 Å². The first kappa shape index (κ1) is 24.8. The van der Waals surface area contributed by atoms with Crippen LogP contribution in [0.2, 0.25) is 20.1 Å². The third-order valence-electron chi connectivity index (χ3n) is 3.50. The van der Waals surface area contributed by atoms with E-state index >= 15 is 0 Å². The molecule has 0 N–H and O–H groups in total. The van der Waals surface area contributed by atoms with Gasteiger partial charge in [-0.15, -0.1) is 0 Å². The molecule has 0 unspecified atom stereocenters. The van der Waals surface area contributed by atoms with Gasteiger partial charge in [0.25, 0.3) is 0 Å². The van der Waals surface area contributed by atoms with E-state index in [9.17, 15) is 10.2 Å². The van der Waals surface area contributed by atoms with Crippen molar-refractivity contribution in [1.82, 2.24) is 9.97 Å². The van der Waals surface area contributed by atoms with Crippen molar-refractivity contribution in [2.75, 3.05) is 0 Å². The molecule has 2 aromatic heterocycles. The second-order valence-corrected chi connectivity index (χ2v) is 6.77. The number of nitrogens with zero attached hydrogens (tertiary/aromatic N) is 2. The number of pyridine rings is 2. The van der Waals surface area contributed by atoms with E-state index in [2.05, 4.69) is 9.97 Å². The summed E-state index contributed by atoms with van der Waals surface area (Å²) in [5.74, 6) is -0.552. The van der Waals surface area contributed by atoms with Crippen molar-refractivity contribution in [2.24, 2.45) is 0 Å².